The summed E-state index contributed by atoms with van der Waals surface area (Å²) in [5, 5.41) is 10.1. The van der Waals surface area contributed by atoms with Gasteiger partial charge in [0.2, 0.25) is 0 Å². The number of rotatable bonds is 6. The second kappa shape index (κ2) is 11.8. The highest BCUT2D eigenvalue weighted by Gasteiger charge is 2.27. The third kappa shape index (κ3) is 4.18. The Morgan fingerprint density at radius 1 is 0.259 bits per heavy atom. The molecule has 13 rings (SSSR count). The van der Waals surface area contributed by atoms with Crippen molar-refractivity contribution in [1.82, 2.24) is 8.80 Å². The fourth-order valence-corrected chi connectivity index (χ4v) is 10.0. The zero-order chi connectivity index (χ0) is 37.9. The van der Waals surface area contributed by atoms with Crippen LogP contribution in [0.5, 0.6) is 0 Å². The average molecular weight is 739 g/mol. The summed E-state index contributed by atoms with van der Waals surface area (Å²) in [5.41, 5.74) is 14.3. The van der Waals surface area contributed by atoms with E-state index in [0.29, 0.717) is 0 Å². The summed E-state index contributed by atoms with van der Waals surface area (Å²) in [6, 6.07) is 75.1. The lowest BCUT2D eigenvalue weighted by molar-refractivity contribution is 1.30. The highest BCUT2D eigenvalue weighted by Crippen LogP contribution is 2.51. The Morgan fingerprint density at radius 2 is 0.586 bits per heavy atom. The van der Waals surface area contributed by atoms with Gasteiger partial charge < -0.3 is 18.6 Å². The summed E-state index contributed by atoms with van der Waals surface area (Å²) in [6.07, 6.45) is 0. The lowest BCUT2D eigenvalue weighted by Crippen LogP contribution is -2.10. The van der Waals surface area contributed by atoms with E-state index in [-0.39, 0.29) is 0 Å². The molecule has 4 aromatic heterocycles. The lowest BCUT2D eigenvalue weighted by Gasteiger charge is -2.26. The molecule has 0 fully saturated rings. The van der Waals surface area contributed by atoms with Gasteiger partial charge in [0.1, 0.15) is 0 Å². The van der Waals surface area contributed by atoms with Crippen molar-refractivity contribution in [1.29, 1.82) is 0 Å². The van der Waals surface area contributed by atoms with Crippen LogP contribution in [0.3, 0.4) is 0 Å². The van der Waals surface area contributed by atoms with Gasteiger partial charge in [-0.25, -0.2) is 0 Å². The van der Waals surface area contributed by atoms with Gasteiger partial charge in [0.25, 0.3) is 0 Å². The highest BCUT2D eigenvalue weighted by molar-refractivity contribution is 6.32. The van der Waals surface area contributed by atoms with Crippen LogP contribution in [-0.2, 0) is 0 Å². The predicted octanol–water partition coefficient (Wildman–Crippen LogP) is 14.9. The molecule has 0 amide bonds. The Balaban J connectivity index is 1.14. The molecule has 13 aromatic rings. The van der Waals surface area contributed by atoms with Crippen LogP contribution in [0.25, 0.3) is 76.2 Å². The summed E-state index contributed by atoms with van der Waals surface area (Å²) in [5.74, 6) is 0. The Kier molecular flexibility index (Phi) is 6.41. The molecule has 0 radical (unpaired) electrons. The van der Waals surface area contributed by atoms with Gasteiger partial charge in [-0.2, -0.15) is 0 Å². The largest absolute Gasteiger partial charge is 0.310 e. The van der Waals surface area contributed by atoms with E-state index in [4.69, 9.17) is 0 Å². The number of anilines is 6. The molecular formula is C54H34N4. The minimum absolute atomic E-state index is 1.13. The molecule has 4 heterocycles. The molecule has 0 unspecified atom stereocenters. The molecule has 0 saturated carbocycles. The van der Waals surface area contributed by atoms with E-state index in [1.807, 2.05) is 0 Å². The second-order valence-corrected chi connectivity index (χ2v) is 15.3. The molecular weight excluding hydrogens is 705 g/mol. The van der Waals surface area contributed by atoms with Crippen LogP contribution in [0.2, 0.25) is 0 Å². The first-order chi connectivity index (χ1) is 28.8. The Morgan fingerprint density at radius 3 is 0.948 bits per heavy atom. The van der Waals surface area contributed by atoms with Crippen molar-refractivity contribution in [2.24, 2.45) is 0 Å². The van der Waals surface area contributed by atoms with Crippen LogP contribution in [0, 0.1) is 0 Å². The molecule has 0 spiro atoms. The number of fused-ring (bicyclic) bond motifs is 12. The summed E-state index contributed by atoms with van der Waals surface area (Å²) in [7, 11) is 0. The van der Waals surface area contributed by atoms with Gasteiger partial charge in [-0.05, 0) is 84.9 Å². The summed E-state index contributed by atoms with van der Waals surface area (Å²) < 4.78 is 5.05. The molecule has 0 saturated heterocycles. The molecule has 4 nitrogen and oxygen atoms in total. The normalized spacial score (nSPS) is 12.1. The maximum atomic E-state index is 2.52. The highest BCUT2D eigenvalue weighted by atomic mass is 15.2. The zero-order valence-electron chi connectivity index (χ0n) is 31.4. The predicted molar refractivity (Wildman–Crippen MR) is 245 cm³/mol. The Labute approximate surface area is 333 Å². The molecule has 0 aliphatic carbocycles. The average Bonchev–Trinajstić information content (AvgIpc) is 4.02. The quantitative estimate of drug-likeness (QED) is 0.169. The van der Waals surface area contributed by atoms with E-state index in [0.717, 1.165) is 22.7 Å². The van der Waals surface area contributed by atoms with E-state index in [1.54, 1.807) is 0 Å². The number of benzene rings is 9. The monoisotopic (exact) mass is 738 g/mol. The van der Waals surface area contributed by atoms with Crippen molar-refractivity contribution in [3.8, 4) is 0 Å². The van der Waals surface area contributed by atoms with E-state index >= 15 is 0 Å². The Bertz CT molecular complexity index is 3340. The number of para-hydroxylation sites is 6. The van der Waals surface area contributed by atoms with Gasteiger partial charge in [0.15, 0.2) is 0 Å². The molecule has 9 aromatic carbocycles. The standard InChI is InChI=1S/C54H34N4/c1-5-17-35(18-6-1)55(36-19-7-2-8-20-36)47-31-29-39-43-33-50-44(34-49(43)57-45-27-15-13-25-41(45)51(47)53(39)57)40-30-32-48(52-42-26-14-16-28-46(42)58(50)54(40)52)56(37-21-9-3-10-22-37)38-23-11-4-12-24-38/h1-34H. The van der Waals surface area contributed by atoms with E-state index in [9.17, 15) is 0 Å². The topological polar surface area (TPSA) is 15.3 Å². The minimum Gasteiger partial charge on any atom is -0.310 e. The Hall–Kier alpha value is -7.82. The van der Waals surface area contributed by atoms with Crippen LogP contribution in [0.1, 0.15) is 0 Å². The number of aromatic nitrogens is 2. The first-order valence-corrected chi connectivity index (χ1v) is 20.0. The van der Waals surface area contributed by atoms with Crippen LogP contribution < -0.4 is 9.80 Å². The molecule has 270 valence electrons. The second-order valence-electron chi connectivity index (χ2n) is 15.3. The fourth-order valence-electron chi connectivity index (χ4n) is 10.0. The minimum atomic E-state index is 1.13. The van der Waals surface area contributed by atoms with Crippen molar-refractivity contribution in [3.63, 3.8) is 0 Å². The first-order valence-electron chi connectivity index (χ1n) is 20.0. The van der Waals surface area contributed by atoms with Gasteiger partial charge in [0, 0.05) is 65.8 Å². The maximum absolute atomic E-state index is 2.52. The summed E-state index contributed by atoms with van der Waals surface area (Å²) >= 11 is 0. The number of hydrogen-bond acceptors (Lipinski definition) is 2. The van der Waals surface area contributed by atoms with Crippen molar-refractivity contribution in [2.45, 2.75) is 0 Å². The molecule has 4 heteroatoms. The van der Waals surface area contributed by atoms with E-state index < -0.39 is 0 Å². The van der Waals surface area contributed by atoms with E-state index in [2.05, 4.69) is 225 Å². The van der Waals surface area contributed by atoms with Crippen molar-refractivity contribution < 1.29 is 0 Å². The summed E-state index contributed by atoms with van der Waals surface area (Å²) in [6.45, 7) is 0. The molecule has 58 heavy (non-hydrogen) atoms. The molecule has 0 aliphatic rings. The molecule has 0 atom stereocenters. The fraction of sp³-hybridized carbons (Fsp3) is 0. The van der Waals surface area contributed by atoms with Gasteiger partial charge in [-0.15, -0.1) is 0 Å². The van der Waals surface area contributed by atoms with Crippen LogP contribution in [0.15, 0.2) is 206 Å². The smallest absolute Gasteiger partial charge is 0.0641 e. The van der Waals surface area contributed by atoms with Gasteiger partial charge in [-0.1, -0.05) is 121 Å². The SMILES string of the molecule is c1ccc(N(c2ccccc2)c2ccc3c4cc5c(cc4n4c6ccccc6c2c34)c2ccc(N(c3ccccc3)c3ccccc3)c3c4ccccc4n5c23)cc1. The van der Waals surface area contributed by atoms with Crippen LogP contribution in [-0.4, -0.2) is 8.80 Å². The van der Waals surface area contributed by atoms with Crippen molar-refractivity contribution >= 4 is 110 Å². The van der Waals surface area contributed by atoms with Gasteiger partial charge >= 0.3 is 0 Å². The van der Waals surface area contributed by atoms with Gasteiger partial charge in [-0.3, -0.25) is 0 Å². The number of nitrogens with zero attached hydrogens (tertiary/aromatic N) is 4. The summed E-state index contributed by atoms with van der Waals surface area (Å²) in [4.78, 5) is 4.81. The third-order valence-electron chi connectivity index (χ3n) is 12.3. The first kappa shape index (κ1) is 31.4. The molecule has 0 aliphatic heterocycles. The maximum Gasteiger partial charge on any atom is 0.0641 e. The van der Waals surface area contributed by atoms with E-state index in [1.165, 1.54) is 87.6 Å². The third-order valence-corrected chi connectivity index (χ3v) is 12.3. The molecule has 0 N–H and O–H groups in total. The van der Waals surface area contributed by atoms with Crippen molar-refractivity contribution in [3.05, 3.63) is 206 Å². The van der Waals surface area contributed by atoms with Crippen molar-refractivity contribution in [2.75, 3.05) is 9.80 Å². The number of hydrogen-bond donors (Lipinski definition) is 0. The van der Waals surface area contributed by atoms with Gasteiger partial charge in [0.05, 0.1) is 44.5 Å². The van der Waals surface area contributed by atoms with Crippen LogP contribution >= 0.6 is 0 Å². The zero-order valence-corrected chi connectivity index (χ0v) is 31.4. The lowest BCUT2D eigenvalue weighted by atomic mass is 10.0. The van der Waals surface area contributed by atoms with Crippen LogP contribution in [0.4, 0.5) is 34.1 Å². The molecule has 0 bridgehead atoms.